The van der Waals surface area contributed by atoms with Crippen LogP contribution in [0, 0.1) is 5.82 Å². The van der Waals surface area contributed by atoms with Crippen molar-refractivity contribution >= 4 is 22.6 Å². The molecule has 1 aromatic heterocycles. The maximum absolute atomic E-state index is 15.2. The van der Waals surface area contributed by atoms with E-state index in [1.807, 2.05) is 4.90 Å². The molecule has 2 heterocycles. The van der Waals surface area contributed by atoms with Gasteiger partial charge in [-0.1, -0.05) is 0 Å². The molecular weight excluding hydrogens is 377 g/mol. The summed E-state index contributed by atoms with van der Waals surface area (Å²) in [6.07, 6.45) is 3.16. The normalized spacial score (nSPS) is 17.9. The molecule has 4 rings (SSSR count). The Labute approximate surface area is 168 Å². The summed E-state index contributed by atoms with van der Waals surface area (Å²) < 4.78 is 22.7. The Morgan fingerprint density at radius 1 is 1.24 bits per heavy atom. The second-order valence-corrected chi connectivity index (χ2v) is 8.07. The number of piperazine rings is 1. The predicted octanol–water partition coefficient (Wildman–Crippen LogP) is 2.71. The minimum absolute atomic E-state index is 0.0516. The number of anilines is 1. The fraction of sp³-hybridized carbons (Fsp3) is 0.524. The van der Waals surface area contributed by atoms with Gasteiger partial charge in [0.25, 0.3) is 0 Å². The average Bonchev–Trinajstić information content (AvgIpc) is 3.52. The van der Waals surface area contributed by atoms with Crippen molar-refractivity contribution < 1.29 is 19.0 Å². The Hall–Kier alpha value is -2.61. The highest BCUT2D eigenvalue weighted by molar-refractivity contribution is 5.97. The molecule has 0 amide bonds. The number of carboxylic acid groups (broad SMARTS) is 1. The van der Waals surface area contributed by atoms with Crippen molar-refractivity contribution in [1.82, 2.24) is 9.47 Å². The van der Waals surface area contributed by atoms with Gasteiger partial charge in [-0.25, -0.2) is 9.18 Å². The first-order valence-electron chi connectivity index (χ1n) is 10.0. The van der Waals surface area contributed by atoms with Crippen LogP contribution in [0.25, 0.3) is 10.9 Å². The number of carbonyl (C=O) groups is 1. The molecule has 2 aliphatic rings. The number of methoxy groups -OCH3 is 1. The van der Waals surface area contributed by atoms with Crippen LogP contribution in [-0.4, -0.2) is 59.9 Å². The van der Waals surface area contributed by atoms with Gasteiger partial charge in [0.2, 0.25) is 5.43 Å². The standard InChI is InChI=1S/C21H26FN3O4/c1-12(2)23-6-8-24(9-7-23)18-16(22)10-14-17(20(18)29-3)25(13-4-5-13)11-15(19(14)26)21(27)28/h10-13H,4-9H2,1-3H3,(H,27,28). The van der Waals surface area contributed by atoms with Gasteiger partial charge in [0.05, 0.1) is 18.0 Å². The molecule has 2 aromatic rings. The molecule has 1 saturated heterocycles. The molecule has 29 heavy (non-hydrogen) atoms. The fourth-order valence-corrected chi connectivity index (χ4v) is 4.19. The second-order valence-electron chi connectivity index (χ2n) is 8.07. The van der Waals surface area contributed by atoms with Crippen LogP contribution in [-0.2, 0) is 0 Å². The highest BCUT2D eigenvalue weighted by Gasteiger charge is 2.32. The molecule has 7 nitrogen and oxygen atoms in total. The lowest BCUT2D eigenvalue weighted by atomic mass is 10.1. The van der Waals surface area contributed by atoms with E-state index in [1.165, 1.54) is 19.4 Å². The number of halogens is 1. The number of hydrogen-bond donors (Lipinski definition) is 1. The molecule has 8 heteroatoms. The summed E-state index contributed by atoms with van der Waals surface area (Å²) in [4.78, 5) is 28.6. The zero-order valence-corrected chi connectivity index (χ0v) is 16.9. The number of ether oxygens (including phenoxy) is 1. The summed E-state index contributed by atoms with van der Waals surface area (Å²) in [7, 11) is 1.47. The molecule has 1 saturated carbocycles. The molecule has 156 valence electrons. The van der Waals surface area contributed by atoms with Gasteiger partial charge in [0, 0.05) is 44.5 Å². The molecule has 1 N–H and O–H groups in total. The Bertz CT molecular complexity index is 1020. The number of pyridine rings is 1. The maximum Gasteiger partial charge on any atom is 0.341 e. The molecule has 0 atom stereocenters. The summed E-state index contributed by atoms with van der Waals surface area (Å²) in [5, 5.41) is 9.48. The van der Waals surface area contributed by atoms with Gasteiger partial charge in [0.1, 0.15) is 11.3 Å². The van der Waals surface area contributed by atoms with Crippen molar-refractivity contribution in [3.05, 3.63) is 33.9 Å². The smallest absolute Gasteiger partial charge is 0.341 e. The topological polar surface area (TPSA) is 75.0 Å². The van der Waals surface area contributed by atoms with E-state index in [2.05, 4.69) is 18.7 Å². The van der Waals surface area contributed by atoms with Gasteiger partial charge in [-0.2, -0.15) is 0 Å². The Kier molecular flexibility index (Phi) is 4.98. The predicted molar refractivity (Wildman–Crippen MR) is 109 cm³/mol. The molecule has 0 unspecified atom stereocenters. The van der Waals surface area contributed by atoms with Crippen LogP contribution in [0.1, 0.15) is 43.1 Å². The molecule has 1 aliphatic heterocycles. The van der Waals surface area contributed by atoms with E-state index in [0.29, 0.717) is 36.1 Å². The number of aromatic nitrogens is 1. The first-order valence-corrected chi connectivity index (χ1v) is 10.0. The molecular formula is C21H26FN3O4. The summed E-state index contributed by atoms with van der Waals surface area (Å²) in [6, 6.07) is 1.70. The number of benzene rings is 1. The van der Waals surface area contributed by atoms with Crippen molar-refractivity contribution in [3.8, 4) is 5.75 Å². The number of carboxylic acids is 1. The van der Waals surface area contributed by atoms with Crippen molar-refractivity contribution in [1.29, 1.82) is 0 Å². The summed E-state index contributed by atoms with van der Waals surface area (Å²) >= 11 is 0. The maximum atomic E-state index is 15.2. The summed E-state index contributed by atoms with van der Waals surface area (Å²) in [6.45, 7) is 7.20. The van der Waals surface area contributed by atoms with E-state index in [9.17, 15) is 14.7 Å². The SMILES string of the molecule is COc1c(N2CCN(C(C)C)CC2)c(F)cc2c(=O)c(C(=O)O)cn(C3CC3)c12. The number of hydrogen-bond acceptors (Lipinski definition) is 5. The summed E-state index contributed by atoms with van der Waals surface area (Å²) in [5.41, 5.74) is -0.199. The van der Waals surface area contributed by atoms with E-state index in [0.717, 1.165) is 25.9 Å². The molecule has 1 aromatic carbocycles. The van der Waals surface area contributed by atoms with E-state index < -0.39 is 17.2 Å². The minimum atomic E-state index is -1.31. The lowest BCUT2D eigenvalue weighted by Gasteiger charge is -2.38. The van der Waals surface area contributed by atoms with Crippen LogP contribution in [0.2, 0.25) is 0 Å². The van der Waals surface area contributed by atoms with Crippen molar-refractivity contribution in [3.63, 3.8) is 0 Å². The monoisotopic (exact) mass is 403 g/mol. The highest BCUT2D eigenvalue weighted by atomic mass is 19.1. The summed E-state index contributed by atoms with van der Waals surface area (Å²) in [5.74, 6) is -1.56. The van der Waals surface area contributed by atoms with Gasteiger partial charge >= 0.3 is 5.97 Å². The third-order valence-corrected chi connectivity index (χ3v) is 5.93. The number of fused-ring (bicyclic) bond motifs is 1. The minimum Gasteiger partial charge on any atom is -0.492 e. The fourth-order valence-electron chi connectivity index (χ4n) is 4.19. The van der Waals surface area contributed by atoms with Gasteiger partial charge in [-0.05, 0) is 32.8 Å². The van der Waals surface area contributed by atoms with Crippen molar-refractivity contribution in [2.75, 3.05) is 38.2 Å². The van der Waals surface area contributed by atoms with Gasteiger partial charge in [-0.15, -0.1) is 0 Å². The van der Waals surface area contributed by atoms with Gasteiger partial charge < -0.3 is 19.3 Å². The molecule has 0 radical (unpaired) electrons. The van der Waals surface area contributed by atoms with E-state index in [4.69, 9.17) is 4.74 Å². The second kappa shape index (κ2) is 7.33. The lowest BCUT2D eigenvalue weighted by molar-refractivity contribution is 0.0695. The van der Waals surface area contributed by atoms with E-state index >= 15 is 4.39 Å². The Morgan fingerprint density at radius 3 is 2.41 bits per heavy atom. The average molecular weight is 403 g/mol. The zero-order valence-electron chi connectivity index (χ0n) is 16.9. The third-order valence-electron chi connectivity index (χ3n) is 5.93. The van der Waals surface area contributed by atoms with Crippen LogP contribution < -0.4 is 15.1 Å². The largest absolute Gasteiger partial charge is 0.492 e. The zero-order chi connectivity index (χ0) is 20.9. The van der Waals surface area contributed by atoms with Crippen LogP contribution in [0.5, 0.6) is 5.75 Å². The highest BCUT2D eigenvalue weighted by Crippen LogP contribution is 2.43. The molecule has 0 spiro atoms. The van der Waals surface area contributed by atoms with Gasteiger partial charge in [0.15, 0.2) is 11.6 Å². The van der Waals surface area contributed by atoms with Crippen LogP contribution in [0.15, 0.2) is 17.1 Å². The number of rotatable bonds is 5. The van der Waals surface area contributed by atoms with Crippen molar-refractivity contribution in [2.45, 2.75) is 38.8 Å². The number of aromatic carboxylic acids is 1. The molecule has 2 fully saturated rings. The van der Waals surface area contributed by atoms with Gasteiger partial charge in [-0.3, -0.25) is 9.69 Å². The number of nitrogens with zero attached hydrogens (tertiary/aromatic N) is 3. The molecule has 1 aliphatic carbocycles. The Morgan fingerprint density at radius 2 is 1.90 bits per heavy atom. The van der Waals surface area contributed by atoms with Crippen molar-refractivity contribution in [2.24, 2.45) is 0 Å². The lowest BCUT2D eigenvalue weighted by Crippen LogP contribution is -2.49. The molecule has 0 bridgehead atoms. The Balaban J connectivity index is 1.90. The van der Waals surface area contributed by atoms with Crippen LogP contribution >= 0.6 is 0 Å². The quantitative estimate of drug-likeness (QED) is 0.828. The first-order chi connectivity index (χ1) is 13.8. The van der Waals surface area contributed by atoms with E-state index in [1.54, 1.807) is 4.57 Å². The first kappa shape index (κ1) is 19.7. The van der Waals surface area contributed by atoms with Crippen LogP contribution in [0.4, 0.5) is 10.1 Å². The third kappa shape index (κ3) is 3.35. The van der Waals surface area contributed by atoms with E-state index in [-0.39, 0.29) is 17.0 Å². The van der Waals surface area contributed by atoms with Crippen LogP contribution in [0.3, 0.4) is 0 Å².